The highest BCUT2D eigenvalue weighted by Crippen LogP contribution is 2.04. The summed E-state index contributed by atoms with van der Waals surface area (Å²) in [5, 5.41) is 2.75. The van der Waals surface area contributed by atoms with E-state index in [4.69, 9.17) is 0 Å². The summed E-state index contributed by atoms with van der Waals surface area (Å²) < 4.78 is 12.4. The molecule has 22 heavy (non-hydrogen) atoms. The number of halogens is 2. The minimum absolute atomic E-state index is 0.241. The van der Waals surface area contributed by atoms with Crippen molar-refractivity contribution in [2.45, 2.75) is 26.2 Å². The zero-order valence-corrected chi connectivity index (χ0v) is 14.7. The number of hydrazine groups is 1. The molecule has 3 N–H and O–H groups in total. The number of hydrogen-bond acceptors (Lipinski definition) is 4. The topological polar surface area (TPSA) is 83.1 Å². The molecule has 0 unspecified atom stereocenters. The molecule has 0 fully saturated rings. The normalized spacial score (nSPS) is 8.59. The van der Waals surface area contributed by atoms with Gasteiger partial charge in [-0.05, 0) is 61.9 Å². The summed E-state index contributed by atoms with van der Waals surface area (Å²) >= 11 is 3.25. The fourth-order valence-corrected chi connectivity index (χ4v) is 1.49. The number of rotatable bonds is 6. The average Bonchev–Trinajstić information content (AvgIpc) is 2.46. The van der Waals surface area contributed by atoms with Crippen LogP contribution in [0.5, 0.6) is 0 Å². The Morgan fingerprint density at radius 2 is 2.00 bits per heavy atom. The maximum absolute atomic E-state index is 11.5. The molecule has 1 rings (SSSR count). The second-order valence-electron chi connectivity index (χ2n) is 4.06. The lowest BCUT2D eigenvalue weighted by molar-refractivity contribution is -0.124. The van der Waals surface area contributed by atoms with Gasteiger partial charge < -0.3 is 5.32 Å². The lowest BCUT2D eigenvalue weighted by Gasteiger charge is -2.00. The molecule has 1 aromatic heterocycles. The van der Waals surface area contributed by atoms with E-state index in [-0.39, 0.29) is 12.3 Å². The number of pyridine rings is 1. The van der Waals surface area contributed by atoms with Crippen molar-refractivity contribution in [3.63, 3.8) is 0 Å². The van der Waals surface area contributed by atoms with E-state index < -0.39 is 6.67 Å². The van der Waals surface area contributed by atoms with Gasteiger partial charge >= 0.3 is 0 Å². The molecule has 0 aliphatic carbocycles. The van der Waals surface area contributed by atoms with Gasteiger partial charge in [-0.25, -0.2) is 4.98 Å². The average molecular weight is 379 g/mol. The fourth-order valence-electron chi connectivity index (χ4n) is 1.06. The van der Waals surface area contributed by atoms with E-state index in [1.54, 1.807) is 0 Å². The number of nitrogens with one attached hydrogen (secondary N) is 3. The summed E-state index contributed by atoms with van der Waals surface area (Å²) in [5.41, 5.74) is 5.15. The van der Waals surface area contributed by atoms with Gasteiger partial charge in [-0.1, -0.05) is 6.07 Å². The highest BCUT2D eigenvalue weighted by atomic mass is 79.9. The third-order valence-corrected chi connectivity index (χ3v) is 2.35. The number of aryl methyl sites for hydroxylation is 1. The van der Waals surface area contributed by atoms with Crippen LogP contribution in [-0.4, -0.2) is 38.1 Å². The molecule has 0 aliphatic rings. The first kappa shape index (κ1) is 22.7. The number of alkyl halides is 1. The predicted molar refractivity (Wildman–Crippen MR) is 88.8 cm³/mol. The summed E-state index contributed by atoms with van der Waals surface area (Å²) in [4.78, 5) is 24.4. The highest BCUT2D eigenvalue weighted by molar-refractivity contribution is 9.10. The number of nitrogens with zero attached hydrogens (tertiary/aromatic N) is 1. The van der Waals surface area contributed by atoms with Crippen molar-refractivity contribution < 1.29 is 14.0 Å². The molecule has 8 heteroatoms. The molecule has 0 atom stereocenters. The molecule has 2 amide bonds. The summed E-state index contributed by atoms with van der Waals surface area (Å²) in [5.74, 6) is -0.300. The number of aromatic nitrogens is 1. The standard InChI is InChI=1S/C6H6BrN.C6H11FN2O2.C2H7N/c1-5-3-2-4-6(7)8-5;7-4-2-1-3-6(11)9-8-5-10;1-3-2/h2-4H,1H3;5H,1-4H2,(H,8,10)(H,9,11);3H,1-2H3. The maximum Gasteiger partial charge on any atom is 0.238 e. The lowest BCUT2D eigenvalue weighted by atomic mass is 10.2. The molecular weight excluding hydrogens is 355 g/mol. The lowest BCUT2D eigenvalue weighted by Crippen LogP contribution is -2.35. The van der Waals surface area contributed by atoms with Crippen molar-refractivity contribution >= 4 is 28.2 Å². The summed E-state index contributed by atoms with van der Waals surface area (Å²) in [6, 6.07) is 5.84. The molecule has 0 spiro atoms. The molecule has 126 valence electrons. The van der Waals surface area contributed by atoms with E-state index in [1.807, 2.05) is 44.6 Å². The Labute approximate surface area is 139 Å². The van der Waals surface area contributed by atoms with E-state index in [2.05, 4.69) is 31.7 Å². The minimum Gasteiger partial charge on any atom is -0.323 e. The van der Waals surface area contributed by atoms with Crippen LogP contribution in [0.15, 0.2) is 22.8 Å². The Morgan fingerprint density at radius 3 is 2.41 bits per heavy atom. The first-order chi connectivity index (χ1) is 10.5. The van der Waals surface area contributed by atoms with Gasteiger partial charge in [0.15, 0.2) is 0 Å². The Morgan fingerprint density at radius 1 is 1.36 bits per heavy atom. The Bertz CT molecular complexity index is 391. The van der Waals surface area contributed by atoms with Crippen molar-refractivity contribution in [1.82, 2.24) is 21.2 Å². The first-order valence-electron chi connectivity index (χ1n) is 6.73. The van der Waals surface area contributed by atoms with E-state index in [9.17, 15) is 14.0 Å². The van der Waals surface area contributed by atoms with Crippen LogP contribution < -0.4 is 16.2 Å². The molecule has 1 heterocycles. The molecule has 0 saturated carbocycles. The van der Waals surface area contributed by atoms with E-state index >= 15 is 0 Å². The number of unbranched alkanes of at least 4 members (excludes halogenated alkanes) is 1. The van der Waals surface area contributed by atoms with E-state index in [0.717, 1.165) is 10.3 Å². The van der Waals surface area contributed by atoms with Crippen molar-refractivity contribution in [2.75, 3.05) is 20.8 Å². The molecule has 0 saturated heterocycles. The maximum atomic E-state index is 11.5. The monoisotopic (exact) mass is 378 g/mol. The second kappa shape index (κ2) is 17.5. The fraction of sp³-hybridized carbons (Fsp3) is 0.500. The molecule has 0 aromatic carbocycles. The van der Waals surface area contributed by atoms with Gasteiger partial charge in [-0.15, -0.1) is 0 Å². The van der Waals surface area contributed by atoms with Crippen molar-refractivity contribution in [1.29, 1.82) is 0 Å². The number of carbonyl (C=O) groups is 2. The number of carbonyl (C=O) groups excluding carboxylic acids is 2. The smallest absolute Gasteiger partial charge is 0.238 e. The molecule has 0 bridgehead atoms. The van der Waals surface area contributed by atoms with Crippen LogP contribution in [0.2, 0.25) is 0 Å². The Hall–Kier alpha value is -1.54. The van der Waals surface area contributed by atoms with Gasteiger partial charge in [0.1, 0.15) is 4.60 Å². The SMILES string of the molecule is CNC.Cc1cccc(Br)n1.O=CNNC(=O)CCCCF. The summed E-state index contributed by atoms with van der Waals surface area (Å²) in [6.07, 6.45) is 1.50. The molecule has 1 aromatic rings. The Kier molecular flexibility index (Phi) is 18.1. The summed E-state index contributed by atoms with van der Waals surface area (Å²) in [7, 11) is 3.75. The van der Waals surface area contributed by atoms with Crippen molar-refractivity contribution in [3.05, 3.63) is 28.5 Å². The van der Waals surface area contributed by atoms with E-state index in [1.165, 1.54) is 0 Å². The van der Waals surface area contributed by atoms with Gasteiger partial charge in [0.25, 0.3) is 0 Å². The highest BCUT2D eigenvalue weighted by Gasteiger charge is 1.97. The van der Waals surface area contributed by atoms with Crippen molar-refractivity contribution in [2.24, 2.45) is 0 Å². The summed E-state index contributed by atoms with van der Waals surface area (Å²) in [6.45, 7) is 1.55. The van der Waals surface area contributed by atoms with Crippen LogP contribution in [-0.2, 0) is 9.59 Å². The number of amides is 2. The van der Waals surface area contributed by atoms with Gasteiger partial charge in [0.2, 0.25) is 12.3 Å². The Balaban J connectivity index is 0. The minimum atomic E-state index is -0.408. The molecule has 6 nitrogen and oxygen atoms in total. The van der Waals surface area contributed by atoms with Crippen LogP contribution in [0.4, 0.5) is 4.39 Å². The van der Waals surface area contributed by atoms with Gasteiger partial charge in [-0.2, -0.15) is 0 Å². The third kappa shape index (κ3) is 18.5. The van der Waals surface area contributed by atoms with Crippen LogP contribution in [0.1, 0.15) is 25.0 Å². The molecule has 0 radical (unpaired) electrons. The largest absolute Gasteiger partial charge is 0.323 e. The van der Waals surface area contributed by atoms with Gasteiger partial charge in [-0.3, -0.25) is 24.8 Å². The van der Waals surface area contributed by atoms with Gasteiger partial charge in [0, 0.05) is 12.1 Å². The van der Waals surface area contributed by atoms with Crippen LogP contribution in [0.3, 0.4) is 0 Å². The second-order valence-corrected chi connectivity index (χ2v) is 4.87. The quantitative estimate of drug-likeness (QED) is 0.305. The predicted octanol–water partition coefficient (Wildman–Crippen LogP) is 1.89. The zero-order chi connectivity index (χ0) is 17.2. The van der Waals surface area contributed by atoms with Crippen molar-refractivity contribution in [3.8, 4) is 0 Å². The molecule has 0 aliphatic heterocycles. The van der Waals surface area contributed by atoms with Crippen LogP contribution >= 0.6 is 15.9 Å². The van der Waals surface area contributed by atoms with Crippen LogP contribution in [0.25, 0.3) is 0 Å². The third-order valence-electron chi connectivity index (χ3n) is 1.91. The first-order valence-corrected chi connectivity index (χ1v) is 7.52. The van der Waals surface area contributed by atoms with Crippen LogP contribution in [0, 0.1) is 6.92 Å². The number of hydrogen-bond donors (Lipinski definition) is 3. The van der Waals surface area contributed by atoms with E-state index in [0.29, 0.717) is 19.3 Å². The van der Waals surface area contributed by atoms with Gasteiger partial charge in [0.05, 0.1) is 6.67 Å². The zero-order valence-electron chi connectivity index (χ0n) is 13.2. The molecular formula is C14H24BrFN4O2.